The van der Waals surface area contributed by atoms with Gasteiger partial charge in [-0.2, -0.15) is 0 Å². The van der Waals surface area contributed by atoms with Crippen LogP contribution in [-0.4, -0.2) is 42.5 Å². The minimum atomic E-state index is -0.946. The molecule has 0 saturated carbocycles. The lowest BCUT2D eigenvalue weighted by atomic mass is 9.98. The molecule has 0 aliphatic rings. The van der Waals surface area contributed by atoms with Crippen molar-refractivity contribution in [2.24, 2.45) is 0 Å². The highest BCUT2D eigenvalue weighted by Crippen LogP contribution is 2.25. The lowest BCUT2D eigenvalue weighted by Crippen LogP contribution is -2.33. The standard InChI is InChI=1S/C33H34N2O3/c1-34(2)29-20-16-26(17-21-29)23-32(36)35(22-8-11-25-9-4-3-5-10-25)24-27-14-18-28(19-15-27)30-12-6-7-13-31(30)33(37)38/h3-7,9-10,12-21H,8,11,22-24H2,1-2H3,(H,37,38). The van der Waals surface area contributed by atoms with Crippen LogP contribution in [0.25, 0.3) is 11.1 Å². The number of carbonyl (C=O) groups is 2. The van der Waals surface area contributed by atoms with Crippen molar-refractivity contribution in [3.05, 3.63) is 125 Å². The van der Waals surface area contributed by atoms with E-state index in [2.05, 4.69) is 12.1 Å². The number of anilines is 1. The number of hydrogen-bond acceptors (Lipinski definition) is 3. The summed E-state index contributed by atoms with van der Waals surface area (Å²) in [4.78, 5) is 29.1. The molecule has 4 aromatic rings. The van der Waals surface area contributed by atoms with Gasteiger partial charge in [0.15, 0.2) is 0 Å². The lowest BCUT2D eigenvalue weighted by molar-refractivity contribution is -0.131. The van der Waals surface area contributed by atoms with E-state index in [9.17, 15) is 14.7 Å². The zero-order chi connectivity index (χ0) is 26.9. The summed E-state index contributed by atoms with van der Waals surface area (Å²) in [5.41, 5.74) is 6.18. The van der Waals surface area contributed by atoms with E-state index in [4.69, 9.17) is 0 Å². The van der Waals surface area contributed by atoms with Gasteiger partial charge in [0.2, 0.25) is 5.91 Å². The minimum Gasteiger partial charge on any atom is -0.478 e. The van der Waals surface area contributed by atoms with Crippen molar-refractivity contribution in [3.63, 3.8) is 0 Å². The quantitative estimate of drug-likeness (QED) is 0.259. The number of amides is 1. The van der Waals surface area contributed by atoms with Gasteiger partial charge in [-0.3, -0.25) is 4.79 Å². The molecule has 5 heteroatoms. The van der Waals surface area contributed by atoms with Crippen LogP contribution in [0.5, 0.6) is 0 Å². The number of aromatic carboxylic acids is 1. The first-order chi connectivity index (χ1) is 18.4. The van der Waals surface area contributed by atoms with Gasteiger partial charge in [0.25, 0.3) is 0 Å². The monoisotopic (exact) mass is 506 g/mol. The second-order valence-corrected chi connectivity index (χ2v) is 9.69. The van der Waals surface area contributed by atoms with Crippen molar-refractivity contribution in [2.45, 2.75) is 25.8 Å². The van der Waals surface area contributed by atoms with Crippen LogP contribution in [0.3, 0.4) is 0 Å². The zero-order valence-corrected chi connectivity index (χ0v) is 22.0. The maximum Gasteiger partial charge on any atom is 0.336 e. The Hall–Kier alpha value is -4.38. The summed E-state index contributed by atoms with van der Waals surface area (Å²) in [5, 5.41) is 9.54. The Morgan fingerprint density at radius 3 is 2.00 bits per heavy atom. The van der Waals surface area contributed by atoms with Crippen molar-refractivity contribution in [3.8, 4) is 11.1 Å². The van der Waals surface area contributed by atoms with Crippen molar-refractivity contribution < 1.29 is 14.7 Å². The Kier molecular flexibility index (Phi) is 8.94. The molecule has 0 fully saturated rings. The Morgan fingerprint density at radius 1 is 0.711 bits per heavy atom. The molecule has 0 radical (unpaired) electrons. The van der Waals surface area contributed by atoms with E-state index in [0.29, 0.717) is 25.1 Å². The number of carboxylic acid groups (broad SMARTS) is 1. The summed E-state index contributed by atoms with van der Waals surface area (Å²) in [6, 6.07) is 33.3. The number of rotatable bonds is 11. The molecule has 0 saturated heterocycles. The van der Waals surface area contributed by atoms with Crippen LogP contribution in [0.15, 0.2) is 103 Å². The van der Waals surface area contributed by atoms with E-state index in [-0.39, 0.29) is 11.5 Å². The molecule has 38 heavy (non-hydrogen) atoms. The first kappa shape index (κ1) is 26.7. The molecular formula is C33H34N2O3. The van der Waals surface area contributed by atoms with Gasteiger partial charge in [0.1, 0.15) is 0 Å². The number of carboxylic acids is 1. The van der Waals surface area contributed by atoms with Crippen LogP contribution in [0.4, 0.5) is 5.69 Å². The Bertz CT molecular complexity index is 1350. The van der Waals surface area contributed by atoms with Gasteiger partial charge in [-0.05, 0) is 58.9 Å². The fourth-order valence-corrected chi connectivity index (χ4v) is 4.54. The average molecular weight is 507 g/mol. The maximum atomic E-state index is 13.4. The second kappa shape index (κ2) is 12.7. The fraction of sp³-hybridized carbons (Fsp3) is 0.212. The van der Waals surface area contributed by atoms with Crippen LogP contribution in [0, 0.1) is 0 Å². The number of hydrogen-bond donors (Lipinski definition) is 1. The highest BCUT2D eigenvalue weighted by molar-refractivity contribution is 5.96. The predicted molar refractivity (Wildman–Crippen MR) is 153 cm³/mol. The number of benzene rings is 4. The highest BCUT2D eigenvalue weighted by Gasteiger charge is 2.16. The van der Waals surface area contributed by atoms with E-state index in [1.54, 1.807) is 12.1 Å². The molecule has 194 valence electrons. The molecule has 1 amide bonds. The molecule has 4 rings (SSSR count). The van der Waals surface area contributed by atoms with Gasteiger partial charge >= 0.3 is 5.97 Å². The second-order valence-electron chi connectivity index (χ2n) is 9.69. The average Bonchev–Trinajstić information content (AvgIpc) is 2.93. The molecule has 0 bridgehead atoms. The maximum absolute atomic E-state index is 13.4. The van der Waals surface area contributed by atoms with Gasteiger partial charge in [0.05, 0.1) is 12.0 Å². The minimum absolute atomic E-state index is 0.0935. The van der Waals surface area contributed by atoms with Crippen LogP contribution < -0.4 is 4.90 Å². The zero-order valence-electron chi connectivity index (χ0n) is 22.0. The molecular weight excluding hydrogens is 472 g/mol. The molecule has 0 unspecified atom stereocenters. The van der Waals surface area contributed by atoms with Gasteiger partial charge in [-0.15, -0.1) is 0 Å². The topological polar surface area (TPSA) is 60.9 Å². The number of aryl methyl sites for hydroxylation is 1. The Balaban J connectivity index is 1.49. The van der Waals surface area contributed by atoms with Crippen LogP contribution in [-0.2, 0) is 24.2 Å². The third kappa shape index (κ3) is 7.10. The third-order valence-corrected chi connectivity index (χ3v) is 6.69. The van der Waals surface area contributed by atoms with Crippen molar-refractivity contribution >= 4 is 17.6 Å². The van der Waals surface area contributed by atoms with Gasteiger partial charge in [0, 0.05) is 32.9 Å². The van der Waals surface area contributed by atoms with E-state index in [1.807, 2.05) is 103 Å². The van der Waals surface area contributed by atoms with Gasteiger partial charge in [-0.25, -0.2) is 4.79 Å². The fourth-order valence-electron chi connectivity index (χ4n) is 4.54. The molecule has 0 spiro atoms. The number of nitrogens with zero attached hydrogens (tertiary/aromatic N) is 2. The Morgan fingerprint density at radius 2 is 1.34 bits per heavy atom. The lowest BCUT2D eigenvalue weighted by Gasteiger charge is -2.24. The van der Waals surface area contributed by atoms with E-state index < -0.39 is 5.97 Å². The third-order valence-electron chi connectivity index (χ3n) is 6.69. The first-order valence-electron chi connectivity index (χ1n) is 12.9. The highest BCUT2D eigenvalue weighted by atomic mass is 16.4. The summed E-state index contributed by atoms with van der Waals surface area (Å²) in [6.45, 7) is 1.16. The van der Waals surface area contributed by atoms with Crippen LogP contribution >= 0.6 is 0 Å². The Labute approximate surface area is 225 Å². The normalized spacial score (nSPS) is 10.7. The summed E-state index contributed by atoms with van der Waals surface area (Å²) in [7, 11) is 4.00. The van der Waals surface area contributed by atoms with Crippen molar-refractivity contribution in [1.29, 1.82) is 0 Å². The molecule has 5 nitrogen and oxygen atoms in total. The summed E-state index contributed by atoms with van der Waals surface area (Å²) in [5.74, 6) is -0.852. The van der Waals surface area contributed by atoms with E-state index in [1.165, 1.54) is 5.56 Å². The summed E-state index contributed by atoms with van der Waals surface area (Å²) in [6.07, 6.45) is 2.13. The largest absolute Gasteiger partial charge is 0.478 e. The van der Waals surface area contributed by atoms with E-state index >= 15 is 0 Å². The smallest absolute Gasteiger partial charge is 0.336 e. The van der Waals surface area contributed by atoms with Crippen LogP contribution in [0.2, 0.25) is 0 Å². The number of carbonyl (C=O) groups excluding carboxylic acids is 1. The van der Waals surface area contributed by atoms with Gasteiger partial charge in [-0.1, -0.05) is 84.9 Å². The van der Waals surface area contributed by atoms with Crippen molar-refractivity contribution in [1.82, 2.24) is 4.90 Å². The molecule has 4 aromatic carbocycles. The molecule has 0 aliphatic carbocycles. The molecule has 0 atom stereocenters. The summed E-state index contributed by atoms with van der Waals surface area (Å²) < 4.78 is 0. The van der Waals surface area contributed by atoms with E-state index in [0.717, 1.165) is 35.2 Å². The first-order valence-corrected chi connectivity index (χ1v) is 12.9. The van der Waals surface area contributed by atoms with Crippen molar-refractivity contribution in [2.75, 3.05) is 25.5 Å². The van der Waals surface area contributed by atoms with Gasteiger partial charge < -0.3 is 14.9 Å². The van der Waals surface area contributed by atoms with Crippen LogP contribution in [0.1, 0.15) is 33.5 Å². The molecule has 0 aromatic heterocycles. The molecule has 0 aliphatic heterocycles. The SMILES string of the molecule is CN(C)c1ccc(CC(=O)N(CCCc2ccccc2)Cc2ccc(-c3ccccc3C(=O)O)cc2)cc1. The summed E-state index contributed by atoms with van der Waals surface area (Å²) >= 11 is 0. The predicted octanol–water partition coefficient (Wildman–Crippen LogP) is 6.32. The molecule has 1 N–H and O–H groups in total. The molecule has 0 heterocycles.